The van der Waals surface area contributed by atoms with Gasteiger partial charge in [-0.05, 0) is 69.6 Å². The maximum atomic E-state index is 16.1. The summed E-state index contributed by atoms with van der Waals surface area (Å²) < 4.78 is 37.2. The number of nitrogens with two attached hydrogens (primary N) is 1. The minimum absolute atomic E-state index is 0.0998. The number of rotatable bonds is 7. The van der Waals surface area contributed by atoms with E-state index < -0.39 is 11.6 Å². The predicted molar refractivity (Wildman–Crippen MR) is 169 cm³/mol. The van der Waals surface area contributed by atoms with Crippen LogP contribution in [0.5, 0.6) is 6.01 Å². The van der Waals surface area contributed by atoms with Crippen LogP contribution in [0.2, 0.25) is 0 Å². The van der Waals surface area contributed by atoms with Crippen LogP contribution in [0.1, 0.15) is 31.7 Å². The zero-order valence-corrected chi connectivity index (χ0v) is 25.6. The van der Waals surface area contributed by atoms with Crippen LogP contribution in [0.4, 0.5) is 19.6 Å². The number of ether oxygens (including phenoxy) is 1. The van der Waals surface area contributed by atoms with E-state index in [4.69, 9.17) is 20.4 Å². The zero-order valence-electron chi connectivity index (χ0n) is 24.8. The van der Waals surface area contributed by atoms with Crippen molar-refractivity contribution < 1.29 is 18.3 Å². The summed E-state index contributed by atoms with van der Waals surface area (Å²) in [5.74, 6) is -0.780. The van der Waals surface area contributed by atoms with Gasteiger partial charge in [-0.2, -0.15) is 15.2 Å². The lowest BCUT2D eigenvalue weighted by atomic mass is 9.97. The van der Waals surface area contributed by atoms with Gasteiger partial charge in [0.15, 0.2) is 0 Å². The molecule has 0 unspecified atom stereocenters. The maximum Gasteiger partial charge on any atom is 0.319 e. The van der Waals surface area contributed by atoms with E-state index in [1.54, 1.807) is 11.0 Å². The Bertz CT molecular complexity index is 1840. The highest BCUT2D eigenvalue weighted by Gasteiger charge is 2.37. The average molecular weight is 618 g/mol. The largest absolute Gasteiger partial charge is 0.462 e. The van der Waals surface area contributed by atoms with Gasteiger partial charge in [-0.15, -0.1) is 11.3 Å². The lowest BCUT2D eigenvalue weighted by Gasteiger charge is -2.32. The Kier molecular flexibility index (Phi) is 7.86. The first-order valence-electron chi connectivity index (χ1n) is 14.5. The summed E-state index contributed by atoms with van der Waals surface area (Å²) in [6.07, 6.45) is 4.09. The molecule has 2 aliphatic rings. The Balaban J connectivity index is 1.48. The van der Waals surface area contributed by atoms with Crippen LogP contribution in [0.3, 0.4) is 0 Å². The maximum absolute atomic E-state index is 16.1. The van der Waals surface area contributed by atoms with E-state index in [0.29, 0.717) is 41.9 Å². The van der Waals surface area contributed by atoms with Crippen molar-refractivity contribution in [2.75, 3.05) is 44.4 Å². The third-order valence-corrected chi connectivity index (χ3v) is 10.1. The molecule has 0 bridgehead atoms. The summed E-state index contributed by atoms with van der Waals surface area (Å²) in [4.78, 5) is 27.9. The van der Waals surface area contributed by atoms with Crippen molar-refractivity contribution in [3.63, 3.8) is 0 Å². The number of nitrogens with zero attached hydrogens (tertiary/aromatic N) is 6. The Morgan fingerprint density at radius 3 is 2.75 bits per heavy atom. The fourth-order valence-corrected chi connectivity index (χ4v) is 7.51. The minimum Gasteiger partial charge on any atom is -0.462 e. The van der Waals surface area contributed by atoms with Crippen molar-refractivity contribution >= 4 is 49.1 Å². The first-order valence-corrected chi connectivity index (χ1v) is 15.4. The highest BCUT2D eigenvalue weighted by molar-refractivity contribution is 7.23. The van der Waals surface area contributed by atoms with Crippen molar-refractivity contribution in [3.05, 3.63) is 54.1 Å². The number of aromatic nitrogens is 2. The Labute approximate surface area is 258 Å². The number of hydrogen-bond donors (Lipinski definition) is 1. The smallest absolute Gasteiger partial charge is 0.319 e. The van der Waals surface area contributed by atoms with E-state index in [2.05, 4.69) is 18.5 Å². The molecule has 0 radical (unpaired) electrons. The van der Waals surface area contributed by atoms with Gasteiger partial charge in [0.1, 0.15) is 35.1 Å². The highest BCUT2D eigenvalue weighted by Crippen LogP contribution is 2.43. The van der Waals surface area contributed by atoms with Crippen molar-refractivity contribution in [3.8, 4) is 23.2 Å². The number of hydrogen-bond acceptors (Lipinski definition) is 9. The monoisotopic (exact) mass is 617 g/mol. The number of amides is 1. The van der Waals surface area contributed by atoms with Crippen molar-refractivity contribution in [1.29, 1.82) is 5.26 Å². The van der Waals surface area contributed by atoms with Crippen LogP contribution in [0, 0.1) is 23.0 Å². The van der Waals surface area contributed by atoms with Crippen molar-refractivity contribution in [2.45, 2.75) is 44.3 Å². The molecule has 3 atom stereocenters. The topological polar surface area (TPSA) is 112 Å². The molecule has 2 aliphatic heterocycles. The van der Waals surface area contributed by atoms with Gasteiger partial charge >= 0.3 is 6.01 Å². The molecule has 2 N–H and O–H groups in total. The molecule has 0 spiro atoms. The van der Waals surface area contributed by atoms with E-state index >= 15 is 4.39 Å². The molecule has 4 heterocycles. The molecule has 2 saturated heterocycles. The van der Waals surface area contributed by atoms with E-state index in [9.17, 15) is 14.4 Å². The van der Waals surface area contributed by atoms with Crippen LogP contribution >= 0.6 is 11.3 Å². The number of halogens is 2. The van der Waals surface area contributed by atoms with Gasteiger partial charge in [0.25, 0.3) is 0 Å². The van der Waals surface area contributed by atoms with Crippen molar-refractivity contribution in [1.82, 2.24) is 19.8 Å². The van der Waals surface area contributed by atoms with Gasteiger partial charge < -0.3 is 25.2 Å². The number of likely N-dealkylation sites (tertiary alicyclic amines) is 2. The lowest BCUT2D eigenvalue weighted by Crippen LogP contribution is -2.43. The van der Waals surface area contributed by atoms with Gasteiger partial charge in [0, 0.05) is 42.0 Å². The summed E-state index contributed by atoms with van der Waals surface area (Å²) >= 11 is 0.961. The SMILES string of the molecule is C=CC(=O)N1CC[C@@H](N(C)c2nc(OC[C@@H]3CCCN3C)nc3cc(-c4ccc(F)c5sc(N)c(C#N)c45)c(F)cc23)[C@H]1C. The number of nitrogen functional groups attached to an aromatic ring is 1. The number of thiophene rings is 1. The fraction of sp³-hybridized carbons (Fsp3) is 0.375. The molecular weight excluding hydrogens is 584 g/mol. The van der Waals surface area contributed by atoms with Gasteiger partial charge in [0.2, 0.25) is 5.91 Å². The Morgan fingerprint density at radius 2 is 2.05 bits per heavy atom. The number of fused-ring (bicyclic) bond motifs is 2. The summed E-state index contributed by atoms with van der Waals surface area (Å²) in [6.45, 7) is 7.56. The number of anilines is 2. The molecule has 4 aromatic rings. The van der Waals surface area contributed by atoms with Crippen molar-refractivity contribution in [2.24, 2.45) is 0 Å². The number of carbonyl (C=O) groups is 1. The molecule has 228 valence electrons. The standard InChI is InChI=1S/C32H33F2N7O2S/c1-5-27(42)41-12-10-26(17(41)2)40(4)31-21-13-24(34)20(19-8-9-23(33)29-28(19)22(15-35)30(36)44-29)14-25(21)37-32(38-31)43-16-18-7-6-11-39(18)3/h5,8-9,13-14,17-18,26H,1,6-7,10-12,16,36H2,2-4H3/t17-,18+,26-/m1/s1. The van der Waals surface area contributed by atoms with Crippen LogP contribution in [0.15, 0.2) is 36.9 Å². The summed E-state index contributed by atoms with van der Waals surface area (Å²) in [5.41, 5.74) is 7.08. The van der Waals surface area contributed by atoms with Gasteiger partial charge in [-0.3, -0.25) is 4.79 Å². The summed E-state index contributed by atoms with van der Waals surface area (Å²) in [6, 6.07) is 7.86. The van der Waals surface area contributed by atoms with Crippen LogP contribution < -0.4 is 15.4 Å². The second-order valence-corrected chi connectivity index (χ2v) is 12.5. The Morgan fingerprint density at radius 1 is 1.25 bits per heavy atom. The molecule has 2 aromatic heterocycles. The fourth-order valence-electron chi connectivity index (χ4n) is 6.56. The minimum atomic E-state index is -0.582. The van der Waals surface area contributed by atoms with E-state index in [1.165, 1.54) is 24.3 Å². The first-order chi connectivity index (χ1) is 21.1. The quantitative estimate of drug-likeness (QED) is 0.277. The lowest BCUT2D eigenvalue weighted by molar-refractivity contribution is -0.126. The average Bonchev–Trinajstić information content (AvgIpc) is 3.71. The second-order valence-electron chi connectivity index (χ2n) is 11.5. The number of likely N-dealkylation sites (N-methyl/N-ethyl adjacent to an activating group) is 2. The van der Waals surface area contributed by atoms with E-state index in [0.717, 1.165) is 30.7 Å². The van der Waals surface area contributed by atoms with E-state index in [1.807, 2.05) is 24.9 Å². The third kappa shape index (κ3) is 5.00. The molecule has 0 aliphatic carbocycles. The van der Waals surface area contributed by atoms with E-state index in [-0.39, 0.29) is 56.3 Å². The molecule has 0 saturated carbocycles. The number of carbonyl (C=O) groups excluding carboxylic acids is 1. The Hall–Kier alpha value is -4.34. The molecule has 2 aromatic carbocycles. The van der Waals surface area contributed by atoms with Gasteiger partial charge in [-0.25, -0.2) is 8.78 Å². The van der Waals surface area contributed by atoms with Gasteiger partial charge in [-0.1, -0.05) is 12.6 Å². The number of benzene rings is 2. The number of nitriles is 1. The normalized spacial score (nSPS) is 20.4. The molecule has 9 nitrogen and oxygen atoms in total. The first kappa shape index (κ1) is 29.7. The molecule has 2 fully saturated rings. The van der Waals surface area contributed by atoms with Crippen LogP contribution in [0.25, 0.3) is 32.1 Å². The summed E-state index contributed by atoms with van der Waals surface area (Å²) in [7, 11) is 3.94. The molecule has 44 heavy (non-hydrogen) atoms. The molecular formula is C32H33F2N7O2S. The second kappa shape index (κ2) is 11.6. The van der Waals surface area contributed by atoms with Gasteiger partial charge in [0.05, 0.1) is 21.8 Å². The highest BCUT2D eigenvalue weighted by atomic mass is 32.1. The molecule has 12 heteroatoms. The van der Waals surface area contributed by atoms with Crippen LogP contribution in [-0.2, 0) is 4.79 Å². The predicted octanol–water partition coefficient (Wildman–Crippen LogP) is 5.33. The van der Waals surface area contributed by atoms with Crippen LogP contribution in [-0.4, -0.2) is 77.6 Å². The third-order valence-electron chi connectivity index (χ3n) is 9.04. The summed E-state index contributed by atoms with van der Waals surface area (Å²) in [5, 5.41) is 10.7. The molecule has 1 amide bonds. The molecule has 6 rings (SSSR count). The zero-order chi connectivity index (χ0) is 31.3.